The monoisotopic (exact) mass is 461 g/mol. The molecule has 170 valence electrons. The van der Waals surface area contributed by atoms with E-state index in [1.807, 2.05) is 37.3 Å². The Labute approximate surface area is 211 Å². The second-order valence-electron chi connectivity index (χ2n) is 9.16. The number of fused-ring (bicyclic) bond motifs is 7. The second kappa shape index (κ2) is 8.12. The Morgan fingerprint density at radius 2 is 1.56 bits per heavy atom. The molecule has 0 bridgehead atoms. The minimum absolute atomic E-state index is 0.616. The van der Waals surface area contributed by atoms with Crippen molar-refractivity contribution in [3.63, 3.8) is 0 Å². The maximum Gasteiger partial charge on any atom is 0.187 e. The van der Waals surface area contributed by atoms with Crippen LogP contribution in [-0.2, 0) is 5.41 Å². The lowest BCUT2D eigenvalue weighted by Gasteiger charge is -2.45. The van der Waals surface area contributed by atoms with E-state index in [0.717, 1.165) is 44.9 Å². The molecule has 36 heavy (non-hydrogen) atoms. The number of anilines is 2. The number of benzene rings is 4. The van der Waals surface area contributed by atoms with Crippen LogP contribution < -0.4 is 4.90 Å². The summed E-state index contributed by atoms with van der Waals surface area (Å²) in [7, 11) is 0. The Morgan fingerprint density at radius 3 is 2.28 bits per heavy atom. The van der Waals surface area contributed by atoms with Crippen molar-refractivity contribution in [3.8, 4) is 17.2 Å². The molecule has 4 aromatic rings. The number of nitrogens with zero attached hydrogens (tertiary/aromatic N) is 3. The lowest BCUT2D eigenvalue weighted by atomic mass is 9.64. The van der Waals surface area contributed by atoms with Crippen LogP contribution in [0.3, 0.4) is 0 Å². The third-order valence-electron chi connectivity index (χ3n) is 7.45. The van der Waals surface area contributed by atoms with Gasteiger partial charge in [-0.3, -0.25) is 0 Å². The summed E-state index contributed by atoms with van der Waals surface area (Å²) in [6.45, 7) is 12.0. The highest BCUT2D eigenvalue weighted by Gasteiger charge is 2.51. The van der Waals surface area contributed by atoms with E-state index >= 15 is 0 Å². The highest BCUT2D eigenvalue weighted by atomic mass is 15.2. The second-order valence-corrected chi connectivity index (χ2v) is 9.16. The quantitative estimate of drug-likeness (QED) is 0.281. The standard InChI is InChI=1S/C33H23N3/c1-4-10-31-22(2)33(28-13-8-9-14-32(28)36(31)25-11-6-5-7-12-25)29-19-23(21-34)15-17-26(29)27-18-16-24(35-3)20-30(27)33/h4-20H,1-2H3/b10-4-. The fraction of sp³-hybridized carbons (Fsp3) is 0.0909. The van der Waals surface area contributed by atoms with Crippen LogP contribution in [0, 0.1) is 17.9 Å². The maximum absolute atomic E-state index is 9.82. The molecular weight excluding hydrogens is 438 g/mol. The Bertz CT molecular complexity index is 1610. The van der Waals surface area contributed by atoms with Crippen molar-refractivity contribution in [3.05, 3.63) is 148 Å². The van der Waals surface area contributed by atoms with Crippen LogP contribution in [0.5, 0.6) is 0 Å². The van der Waals surface area contributed by atoms with E-state index in [1.165, 1.54) is 5.57 Å². The van der Waals surface area contributed by atoms with Gasteiger partial charge in [-0.15, -0.1) is 0 Å². The summed E-state index contributed by atoms with van der Waals surface area (Å²) < 4.78 is 0. The van der Waals surface area contributed by atoms with Crippen molar-refractivity contribution >= 4 is 17.1 Å². The van der Waals surface area contributed by atoms with Crippen molar-refractivity contribution in [1.29, 1.82) is 5.26 Å². The van der Waals surface area contributed by atoms with Crippen LogP contribution in [0.15, 0.2) is 114 Å². The van der Waals surface area contributed by atoms with Gasteiger partial charge in [-0.2, -0.15) is 5.26 Å². The lowest BCUT2D eigenvalue weighted by molar-refractivity contribution is 0.717. The van der Waals surface area contributed by atoms with Gasteiger partial charge in [0.1, 0.15) is 0 Å². The van der Waals surface area contributed by atoms with Crippen molar-refractivity contribution in [2.45, 2.75) is 19.3 Å². The zero-order valence-corrected chi connectivity index (χ0v) is 20.2. The van der Waals surface area contributed by atoms with Gasteiger partial charge in [0.2, 0.25) is 0 Å². The Balaban J connectivity index is 1.82. The molecular formula is C33H23N3. The van der Waals surface area contributed by atoms with Gasteiger partial charge in [-0.05, 0) is 83.6 Å². The number of nitriles is 1. The van der Waals surface area contributed by atoms with Gasteiger partial charge < -0.3 is 4.90 Å². The molecule has 0 aromatic heterocycles. The van der Waals surface area contributed by atoms with Gasteiger partial charge in [0.05, 0.1) is 29.3 Å². The third-order valence-corrected chi connectivity index (χ3v) is 7.45. The van der Waals surface area contributed by atoms with Crippen LogP contribution in [-0.4, -0.2) is 0 Å². The van der Waals surface area contributed by atoms with Crippen LogP contribution in [0.25, 0.3) is 16.0 Å². The molecule has 1 spiro atoms. The van der Waals surface area contributed by atoms with Gasteiger partial charge in [0, 0.05) is 11.4 Å². The van der Waals surface area contributed by atoms with E-state index in [9.17, 15) is 5.26 Å². The number of hydrogen-bond donors (Lipinski definition) is 0. The topological polar surface area (TPSA) is 31.4 Å². The predicted octanol–water partition coefficient (Wildman–Crippen LogP) is 8.43. The molecule has 2 aliphatic rings. The maximum atomic E-state index is 9.82. The van der Waals surface area contributed by atoms with Crippen LogP contribution >= 0.6 is 0 Å². The molecule has 3 heteroatoms. The molecule has 4 aromatic carbocycles. The molecule has 0 N–H and O–H groups in total. The lowest BCUT2D eigenvalue weighted by Crippen LogP contribution is -2.38. The normalized spacial score (nSPS) is 17.5. The smallest absolute Gasteiger partial charge is 0.187 e. The molecule has 1 aliphatic carbocycles. The molecule has 1 aliphatic heterocycles. The van der Waals surface area contributed by atoms with E-state index in [0.29, 0.717) is 11.3 Å². The fourth-order valence-corrected chi connectivity index (χ4v) is 6.04. The molecule has 0 saturated heterocycles. The largest absolute Gasteiger partial charge is 0.310 e. The Morgan fingerprint density at radius 1 is 0.861 bits per heavy atom. The fourth-order valence-electron chi connectivity index (χ4n) is 6.04. The summed E-state index contributed by atoms with van der Waals surface area (Å²) in [4.78, 5) is 6.10. The van der Waals surface area contributed by atoms with E-state index in [4.69, 9.17) is 6.57 Å². The van der Waals surface area contributed by atoms with E-state index in [2.05, 4.69) is 95.6 Å². The molecule has 0 fully saturated rings. The first kappa shape index (κ1) is 21.7. The van der Waals surface area contributed by atoms with Crippen LogP contribution in [0.2, 0.25) is 0 Å². The minimum Gasteiger partial charge on any atom is -0.310 e. The predicted molar refractivity (Wildman–Crippen MR) is 145 cm³/mol. The number of hydrogen-bond acceptors (Lipinski definition) is 2. The zero-order chi connectivity index (χ0) is 24.9. The van der Waals surface area contributed by atoms with Crippen molar-refractivity contribution in [2.24, 2.45) is 0 Å². The first-order chi connectivity index (χ1) is 17.6. The van der Waals surface area contributed by atoms with Crippen molar-refractivity contribution < 1.29 is 0 Å². The molecule has 0 radical (unpaired) electrons. The summed E-state index contributed by atoms with van der Waals surface area (Å²) in [6, 6.07) is 33.3. The number of allylic oxidation sites excluding steroid dienone is 3. The number of para-hydroxylation sites is 2. The average Bonchev–Trinajstić information content (AvgIpc) is 3.22. The molecule has 0 amide bonds. The minimum atomic E-state index is -0.616. The van der Waals surface area contributed by atoms with Crippen LogP contribution in [0.1, 0.15) is 36.1 Å². The first-order valence-electron chi connectivity index (χ1n) is 12.0. The summed E-state index contributed by atoms with van der Waals surface area (Å²) >= 11 is 0. The summed E-state index contributed by atoms with van der Waals surface area (Å²) in [6.07, 6.45) is 4.25. The molecule has 6 rings (SSSR count). The van der Waals surface area contributed by atoms with Crippen LogP contribution in [0.4, 0.5) is 17.1 Å². The van der Waals surface area contributed by atoms with E-state index < -0.39 is 5.41 Å². The Hall–Kier alpha value is -4.86. The van der Waals surface area contributed by atoms with Gasteiger partial charge in [0.25, 0.3) is 0 Å². The molecule has 1 atom stereocenters. The number of rotatable bonds is 2. The highest BCUT2D eigenvalue weighted by Crippen LogP contribution is 2.62. The summed E-state index contributed by atoms with van der Waals surface area (Å²) in [5.74, 6) is 0. The van der Waals surface area contributed by atoms with Crippen molar-refractivity contribution in [2.75, 3.05) is 4.90 Å². The van der Waals surface area contributed by atoms with E-state index in [-0.39, 0.29) is 0 Å². The molecule has 1 heterocycles. The SMILES string of the molecule is [C-]#[N+]c1ccc2c(c1)C1(C(C)=C(/C=C\C)N(c3ccccc3)c3ccccc31)c1cc(C#N)ccc1-2. The summed E-state index contributed by atoms with van der Waals surface area (Å²) in [5, 5.41) is 9.82. The molecule has 0 saturated carbocycles. The first-order valence-corrected chi connectivity index (χ1v) is 12.0. The van der Waals surface area contributed by atoms with Gasteiger partial charge in [0.15, 0.2) is 5.69 Å². The van der Waals surface area contributed by atoms with Gasteiger partial charge in [-0.25, -0.2) is 4.85 Å². The average molecular weight is 462 g/mol. The van der Waals surface area contributed by atoms with Gasteiger partial charge in [-0.1, -0.05) is 66.7 Å². The third kappa shape index (κ3) is 2.78. The van der Waals surface area contributed by atoms with E-state index in [1.54, 1.807) is 0 Å². The van der Waals surface area contributed by atoms with Crippen molar-refractivity contribution in [1.82, 2.24) is 0 Å². The van der Waals surface area contributed by atoms with Gasteiger partial charge >= 0.3 is 0 Å². The highest BCUT2D eigenvalue weighted by molar-refractivity contribution is 5.92. The zero-order valence-electron chi connectivity index (χ0n) is 20.2. The molecule has 3 nitrogen and oxygen atoms in total. The molecule has 1 unspecified atom stereocenters. The Kier molecular flexibility index (Phi) is 4.89. The summed E-state index contributed by atoms with van der Waals surface area (Å²) in [5.41, 5.74) is 10.6.